The first kappa shape index (κ1) is 17.2. The van der Waals surface area contributed by atoms with Crippen LogP contribution in [0.5, 0.6) is 0 Å². The standard InChI is InChI=1S/C16H16F3N5O/c1-2-9(25)8-21-12-6-5-11(16(17,18)19)14(22-12)13-10-4-3-7-20-15(10)24-23-13/h3-7,9,25H,2,8H2,1H3,(H,21,22)(H,20,23,24). The molecular weight excluding hydrogens is 335 g/mol. The normalized spacial score (nSPS) is 13.2. The highest BCUT2D eigenvalue weighted by Crippen LogP contribution is 2.37. The summed E-state index contributed by atoms with van der Waals surface area (Å²) in [6.07, 6.45) is -3.14. The lowest BCUT2D eigenvalue weighted by molar-refractivity contribution is -0.137. The van der Waals surface area contributed by atoms with Crippen LogP contribution in [0.3, 0.4) is 0 Å². The van der Waals surface area contributed by atoms with Crippen molar-refractivity contribution in [2.75, 3.05) is 11.9 Å². The van der Waals surface area contributed by atoms with Gasteiger partial charge in [0.1, 0.15) is 17.2 Å². The number of nitrogens with one attached hydrogen (secondary N) is 2. The fourth-order valence-electron chi connectivity index (χ4n) is 2.37. The topological polar surface area (TPSA) is 86.7 Å². The van der Waals surface area contributed by atoms with Crippen molar-refractivity contribution in [1.82, 2.24) is 20.2 Å². The van der Waals surface area contributed by atoms with Gasteiger partial charge in [0.25, 0.3) is 0 Å². The molecule has 3 aromatic heterocycles. The van der Waals surface area contributed by atoms with Crippen LogP contribution in [0.15, 0.2) is 30.5 Å². The number of pyridine rings is 2. The van der Waals surface area contributed by atoms with Crippen molar-refractivity contribution in [2.45, 2.75) is 25.6 Å². The Morgan fingerprint density at radius 2 is 2.04 bits per heavy atom. The third-order valence-corrected chi connectivity index (χ3v) is 3.75. The molecule has 3 heterocycles. The van der Waals surface area contributed by atoms with Crippen molar-refractivity contribution in [3.8, 4) is 11.4 Å². The van der Waals surface area contributed by atoms with E-state index >= 15 is 0 Å². The molecule has 0 saturated carbocycles. The predicted octanol–water partition coefficient (Wildman–Crippen LogP) is 3.22. The summed E-state index contributed by atoms with van der Waals surface area (Å²) in [6, 6.07) is 5.44. The number of aromatic nitrogens is 4. The van der Waals surface area contributed by atoms with Gasteiger partial charge in [-0.15, -0.1) is 0 Å². The molecule has 6 nitrogen and oxygen atoms in total. The molecule has 3 aromatic rings. The van der Waals surface area contributed by atoms with Gasteiger partial charge >= 0.3 is 6.18 Å². The Balaban J connectivity index is 2.08. The van der Waals surface area contributed by atoms with E-state index in [-0.39, 0.29) is 23.8 Å². The number of H-pyrrole nitrogens is 1. The molecule has 0 spiro atoms. The molecule has 0 amide bonds. The molecule has 0 aromatic carbocycles. The molecule has 0 aliphatic rings. The Hall–Kier alpha value is -2.68. The van der Waals surface area contributed by atoms with Crippen molar-refractivity contribution in [2.24, 2.45) is 0 Å². The van der Waals surface area contributed by atoms with Gasteiger partial charge in [0.2, 0.25) is 0 Å². The van der Waals surface area contributed by atoms with Crippen molar-refractivity contribution >= 4 is 16.9 Å². The van der Waals surface area contributed by atoms with E-state index in [0.29, 0.717) is 17.5 Å². The number of hydrogen-bond donors (Lipinski definition) is 3. The van der Waals surface area contributed by atoms with Crippen molar-refractivity contribution in [1.29, 1.82) is 0 Å². The number of alkyl halides is 3. The quantitative estimate of drug-likeness (QED) is 0.657. The average molecular weight is 351 g/mol. The minimum absolute atomic E-state index is 0.0788. The summed E-state index contributed by atoms with van der Waals surface area (Å²) in [5, 5.41) is 19.5. The van der Waals surface area contributed by atoms with Crippen LogP contribution >= 0.6 is 0 Å². The predicted molar refractivity (Wildman–Crippen MR) is 86.9 cm³/mol. The van der Waals surface area contributed by atoms with E-state index in [0.717, 1.165) is 6.07 Å². The van der Waals surface area contributed by atoms with Crippen LogP contribution in [0.1, 0.15) is 18.9 Å². The summed E-state index contributed by atoms with van der Waals surface area (Å²) in [4.78, 5) is 8.12. The van der Waals surface area contributed by atoms with E-state index < -0.39 is 17.8 Å². The zero-order valence-electron chi connectivity index (χ0n) is 13.3. The number of hydrogen-bond acceptors (Lipinski definition) is 5. The second-order valence-electron chi connectivity index (χ2n) is 5.51. The number of rotatable bonds is 5. The van der Waals surface area contributed by atoms with Crippen molar-refractivity contribution < 1.29 is 18.3 Å². The molecule has 132 valence electrons. The minimum Gasteiger partial charge on any atom is -0.391 e. The molecule has 9 heteroatoms. The van der Waals surface area contributed by atoms with Gasteiger partial charge in [0.05, 0.1) is 11.7 Å². The molecule has 0 fully saturated rings. The third kappa shape index (κ3) is 3.55. The second-order valence-corrected chi connectivity index (χ2v) is 5.51. The molecule has 1 atom stereocenters. The van der Waals surface area contributed by atoms with Gasteiger partial charge in [0, 0.05) is 18.1 Å². The average Bonchev–Trinajstić information content (AvgIpc) is 3.02. The Bertz CT molecular complexity index is 878. The maximum Gasteiger partial charge on any atom is 0.418 e. The summed E-state index contributed by atoms with van der Waals surface area (Å²) in [6.45, 7) is 2.00. The molecule has 25 heavy (non-hydrogen) atoms. The molecule has 3 N–H and O–H groups in total. The highest BCUT2D eigenvalue weighted by Gasteiger charge is 2.36. The molecule has 1 unspecified atom stereocenters. The number of aliphatic hydroxyl groups is 1. The maximum absolute atomic E-state index is 13.4. The molecule has 0 radical (unpaired) electrons. The van der Waals surface area contributed by atoms with Gasteiger partial charge in [-0.3, -0.25) is 5.10 Å². The van der Waals surface area contributed by atoms with Crippen molar-refractivity contribution in [3.63, 3.8) is 0 Å². The summed E-state index contributed by atoms with van der Waals surface area (Å²) in [5.41, 5.74) is -0.712. The summed E-state index contributed by atoms with van der Waals surface area (Å²) in [5.74, 6) is 0.232. The zero-order valence-corrected chi connectivity index (χ0v) is 13.3. The SMILES string of the molecule is CCC(O)CNc1ccc(C(F)(F)F)c(-c2n[nH]c3ncccc23)n1. The van der Waals surface area contributed by atoms with E-state index in [1.807, 2.05) is 0 Å². The van der Waals surface area contributed by atoms with Gasteiger partial charge in [-0.05, 0) is 30.7 Å². The van der Waals surface area contributed by atoms with Crippen LogP contribution in [-0.4, -0.2) is 37.9 Å². The Morgan fingerprint density at radius 1 is 1.24 bits per heavy atom. The van der Waals surface area contributed by atoms with Crippen LogP contribution < -0.4 is 5.32 Å². The Labute approximate surface area is 141 Å². The zero-order chi connectivity index (χ0) is 18.0. The Morgan fingerprint density at radius 3 is 2.76 bits per heavy atom. The number of nitrogens with zero attached hydrogens (tertiary/aromatic N) is 3. The highest BCUT2D eigenvalue weighted by molar-refractivity contribution is 5.90. The summed E-state index contributed by atoms with van der Waals surface area (Å²) in [7, 11) is 0. The largest absolute Gasteiger partial charge is 0.418 e. The minimum atomic E-state index is -4.57. The molecule has 0 aliphatic heterocycles. The van der Waals surface area contributed by atoms with Gasteiger partial charge in [-0.25, -0.2) is 9.97 Å². The van der Waals surface area contributed by atoms with E-state index in [9.17, 15) is 18.3 Å². The van der Waals surface area contributed by atoms with Crippen molar-refractivity contribution in [3.05, 3.63) is 36.0 Å². The molecular formula is C16H16F3N5O. The number of aliphatic hydroxyl groups excluding tert-OH is 1. The van der Waals surface area contributed by atoms with Gasteiger partial charge < -0.3 is 10.4 Å². The van der Waals surface area contributed by atoms with Gasteiger partial charge in [0.15, 0.2) is 5.65 Å². The van der Waals surface area contributed by atoms with Crippen LogP contribution in [0.2, 0.25) is 0 Å². The third-order valence-electron chi connectivity index (χ3n) is 3.75. The van der Waals surface area contributed by atoms with Gasteiger partial charge in [-0.2, -0.15) is 18.3 Å². The first-order chi connectivity index (χ1) is 11.9. The van der Waals surface area contributed by atoms with Crippen LogP contribution in [0, 0.1) is 0 Å². The monoisotopic (exact) mass is 351 g/mol. The first-order valence-corrected chi connectivity index (χ1v) is 7.69. The maximum atomic E-state index is 13.4. The number of anilines is 1. The molecule has 0 saturated heterocycles. The first-order valence-electron chi connectivity index (χ1n) is 7.69. The lowest BCUT2D eigenvalue weighted by atomic mass is 10.1. The molecule has 0 bridgehead atoms. The fraction of sp³-hybridized carbons (Fsp3) is 0.312. The smallest absolute Gasteiger partial charge is 0.391 e. The summed E-state index contributed by atoms with van der Waals surface area (Å²) < 4.78 is 40.2. The fourth-order valence-corrected chi connectivity index (χ4v) is 2.37. The van der Waals surface area contributed by atoms with E-state index in [2.05, 4.69) is 25.5 Å². The van der Waals surface area contributed by atoms with E-state index in [1.165, 1.54) is 12.3 Å². The molecule has 3 rings (SSSR count). The number of aromatic amines is 1. The molecule has 0 aliphatic carbocycles. The van der Waals surface area contributed by atoms with E-state index in [4.69, 9.17) is 0 Å². The summed E-state index contributed by atoms with van der Waals surface area (Å²) >= 11 is 0. The number of halogens is 3. The lowest BCUT2D eigenvalue weighted by Gasteiger charge is -2.14. The van der Waals surface area contributed by atoms with E-state index in [1.54, 1.807) is 19.1 Å². The van der Waals surface area contributed by atoms with Crippen LogP contribution in [0.4, 0.5) is 19.0 Å². The van der Waals surface area contributed by atoms with Crippen LogP contribution in [-0.2, 0) is 6.18 Å². The number of fused-ring (bicyclic) bond motifs is 1. The lowest BCUT2D eigenvalue weighted by Crippen LogP contribution is -2.19. The van der Waals surface area contributed by atoms with Crippen LogP contribution in [0.25, 0.3) is 22.4 Å². The highest BCUT2D eigenvalue weighted by atomic mass is 19.4. The Kier molecular flexibility index (Phi) is 4.58. The van der Waals surface area contributed by atoms with Gasteiger partial charge in [-0.1, -0.05) is 6.92 Å². The second kappa shape index (κ2) is 6.67.